The molecule has 0 aliphatic rings. The Morgan fingerprint density at radius 3 is 2.14 bits per heavy atom. The predicted molar refractivity (Wildman–Crippen MR) is 77.8 cm³/mol. The average molecular weight is 291 g/mol. The van der Waals surface area contributed by atoms with Gasteiger partial charge in [0.2, 0.25) is 0 Å². The van der Waals surface area contributed by atoms with Crippen molar-refractivity contribution in [3.8, 4) is 0 Å². The topological polar surface area (TPSA) is 43.7 Å². The van der Waals surface area contributed by atoms with E-state index >= 15 is 0 Å². The second kappa shape index (κ2) is 6.80. The number of rotatable bonds is 5. The van der Waals surface area contributed by atoms with Gasteiger partial charge in [-0.2, -0.15) is 0 Å². The summed E-state index contributed by atoms with van der Waals surface area (Å²) in [5, 5.41) is 18.2. The Balaban J connectivity index is 2.05. The normalized spacial score (nSPS) is 11.0. The summed E-state index contributed by atoms with van der Waals surface area (Å²) in [7, 11) is 0.158. The molecule has 0 aliphatic heterocycles. The summed E-state index contributed by atoms with van der Waals surface area (Å²) in [6, 6.07) is 10.2. The molecule has 0 saturated carbocycles. The zero-order chi connectivity index (χ0) is 15.4. The van der Waals surface area contributed by atoms with Crippen molar-refractivity contribution in [3.05, 3.63) is 65.2 Å². The quantitative estimate of drug-likeness (QED) is 0.816. The van der Waals surface area contributed by atoms with E-state index in [2.05, 4.69) is 0 Å². The van der Waals surface area contributed by atoms with Gasteiger partial charge in [0.15, 0.2) is 0 Å². The van der Waals surface area contributed by atoms with Gasteiger partial charge in [0.25, 0.3) is 0 Å². The van der Waals surface area contributed by atoms with E-state index in [9.17, 15) is 8.78 Å². The Labute approximate surface area is 122 Å². The molecule has 0 spiro atoms. The van der Waals surface area contributed by atoms with Crippen molar-refractivity contribution in [1.82, 2.24) is 4.90 Å². The highest BCUT2D eigenvalue weighted by molar-refractivity contribution is 6.58. The van der Waals surface area contributed by atoms with E-state index in [0.717, 1.165) is 11.6 Å². The van der Waals surface area contributed by atoms with Gasteiger partial charge in [0.1, 0.15) is 11.6 Å². The summed E-state index contributed by atoms with van der Waals surface area (Å²) in [4.78, 5) is 1.93. The Morgan fingerprint density at radius 2 is 1.52 bits per heavy atom. The SMILES string of the molecule is CN(Cc1ccc(F)cc1)Cc1cc(F)cc(B(O)O)c1. The van der Waals surface area contributed by atoms with Gasteiger partial charge < -0.3 is 10.0 Å². The lowest BCUT2D eigenvalue weighted by molar-refractivity contribution is 0.318. The molecule has 3 nitrogen and oxygen atoms in total. The van der Waals surface area contributed by atoms with E-state index in [4.69, 9.17) is 10.0 Å². The summed E-state index contributed by atoms with van der Waals surface area (Å²) >= 11 is 0. The van der Waals surface area contributed by atoms with E-state index in [1.807, 2.05) is 11.9 Å². The van der Waals surface area contributed by atoms with Gasteiger partial charge in [0, 0.05) is 13.1 Å². The highest BCUT2D eigenvalue weighted by atomic mass is 19.1. The lowest BCUT2D eigenvalue weighted by Crippen LogP contribution is -2.31. The maximum atomic E-state index is 13.4. The van der Waals surface area contributed by atoms with Crippen LogP contribution < -0.4 is 5.46 Å². The third kappa shape index (κ3) is 4.63. The molecule has 110 valence electrons. The monoisotopic (exact) mass is 291 g/mol. The molecule has 0 aliphatic carbocycles. The van der Waals surface area contributed by atoms with E-state index < -0.39 is 12.9 Å². The standard InChI is InChI=1S/C15H16BF2NO2/c1-19(9-11-2-4-14(17)5-3-11)10-12-6-13(16(20)21)8-15(18)7-12/h2-8,20-21H,9-10H2,1H3. The Morgan fingerprint density at radius 1 is 0.905 bits per heavy atom. The van der Waals surface area contributed by atoms with Crippen LogP contribution >= 0.6 is 0 Å². The molecule has 2 rings (SSSR count). The van der Waals surface area contributed by atoms with Crippen LogP contribution in [0.4, 0.5) is 8.78 Å². The molecule has 21 heavy (non-hydrogen) atoms. The van der Waals surface area contributed by atoms with Crippen LogP contribution in [0.5, 0.6) is 0 Å². The number of halogens is 2. The van der Waals surface area contributed by atoms with Crippen LogP contribution in [0.2, 0.25) is 0 Å². The molecule has 2 aromatic carbocycles. The van der Waals surface area contributed by atoms with E-state index in [0.29, 0.717) is 18.7 Å². The molecule has 0 radical (unpaired) electrons. The van der Waals surface area contributed by atoms with Gasteiger partial charge in [-0.05, 0) is 47.9 Å². The summed E-state index contributed by atoms with van der Waals surface area (Å²) < 4.78 is 26.3. The maximum absolute atomic E-state index is 13.4. The highest BCUT2D eigenvalue weighted by Gasteiger charge is 2.14. The van der Waals surface area contributed by atoms with Crippen LogP contribution in [0.15, 0.2) is 42.5 Å². The van der Waals surface area contributed by atoms with Crippen LogP contribution in [-0.2, 0) is 13.1 Å². The Hall–Kier alpha value is -1.76. The minimum absolute atomic E-state index is 0.125. The predicted octanol–water partition coefficient (Wildman–Crippen LogP) is 1.28. The molecule has 6 heteroatoms. The first-order chi connectivity index (χ1) is 9.94. The molecule has 0 saturated heterocycles. The van der Waals surface area contributed by atoms with Crippen LogP contribution in [0, 0.1) is 11.6 Å². The van der Waals surface area contributed by atoms with Crippen LogP contribution in [0.3, 0.4) is 0 Å². The van der Waals surface area contributed by atoms with Crippen molar-refractivity contribution in [2.75, 3.05) is 7.05 Å². The highest BCUT2D eigenvalue weighted by Crippen LogP contribution is 2.10. The molecular formula is C15H16BF2NO2. The maximum Gasteiger partial charge on any atom is 0.488 e. The van der Waals surface area contributed by atoms with Crippen molar-refractivity contribution >= 4 is 12.6 Å². The van der Waals surface area contributed by atoms with Crippen molar-refractivity contribution in [2.45, 2.75) is 13.1 Å². The smallest absolute Gasteiger partial charge is 0.423 e. The van der Waals surface area contributed by atoms with Crippen molar-refractivity contribution in [1.29, 1.82) is 0 Å². The summed E-state index contributed by atoms with van der Waals surface area (Å²) in [5.74, 6) is -0.793. The minimum Gasteiger partial charge on any atom is -0.423 e. The van der Waals surface area contributed by atoms with Crippen LogP contribution in [0.25, 0.3) is 0 Å². The zero-order valence-electron chi connectivity index (χ0n) is 11.6. The molecular weight excluding hydrogens is 275 g/mol. The summed E-state index contributed by atoms with van der Waals surface area (Å²) in [5.41, 5.74) is 1.71. The van der Waals surface area contributed by atoms with Crippen molar-refractivity contribution in [3.63, 3.8) is 0 Å². The van der Waals surface area contributed by atoms with Crippen molar-refractivity contribution in [2.24, 2.45) is 0 Å². The average Bonchev–Trinajstić information content (AvgIpc) is 2.40. The third-order valence-corrected chi connectivity index (χ3v) is 3.10. The third-order valence-electron chi connectivity index (χ3n) is 3.10. The fraction of sp³-hybridized carbons (Fsp3) is 0.200. The molecule has 0 amide bonds. The molecule has 0 fully saturated rings. The van der Waals surface area contributed by atoms with Crippen molar-refractivity contribution < 1.29 is 18.8 Å². The number of hydrogen-bond acceptors (Lipinski definition) is 3. The van der Waals surface area contributed by atoms with Gasteiger partial charge in [0.05, 0.1) is 0 Å². The van der Waals surface area contributed by atoms with E-state index in [1.165, 1.54) is 18.2 Å². The van der Waals surface area contributed by atoms with Gasteiger partial charge in [-0.1, -0.05) is 18.2 Å². The molecule has 0 heterocycles. The molecule has 0 aromatic heterocycles. The molecule has 2 N–H and O–H groups in total. The van der Waals surface area contributed by atoms with Crippen LogP contribution in [-0.4, -0.2) is 29.1 Å². The molecule has 0 unspecified atom stereocenters. The first-order valence-electron chi connectivity index (χ1n) is 6.52. The van der Waals surface area contributed by atoms with Crippen LogP contribution in [0.1, 0.15) is 11.1 Å². The lowest BCUT2D eigenvalue weighted by atomic mass is 9.79. The lowest BCUT2D eigenvalue weighted by Gasteiger charge is -2.17. The molecule has 0 atom stereocenters. The number of benzene rings is 2. The van der Waals surface area contributed by atoms with Gasteiger partial charge >= 0.3 is 7.12 Å². The summed E-state index contributed by atoms with van der Waals surface area (Å²) in [6.07, 6.45) is 0. The minimum atomic E-state index is -1.69. The van der Waals surface area contributed by atoms with Gasteiger partial charge in [-0.25, -0.2) is 8.78 Å². The van der Waals surface area contributed by atoms with Gasteiger partial charge in [-0.3, -0.25) is 4.90 Å². The van der Waals surface area contributed by atoms with E-state index in [-0.39, 0.29) is 11.3 Å². The first kappa shape index (κ1) is 15.6. The zero-order valence-corrected chi connectivity index (χ0v) is 11.6. The molecule has 0 bridgehead atoms. The Bertz CT molecular complexity index is 605. The molecule has 2 aromatic rings. The first-order valence-corrected chi connectivity index (χ1v) is 6.52. The number of hydrogen-bond donors (Lipinski definition) is 2. The fourth-order valence-corrected chi connectivity index (χ4v) is 2.18. The van der Waals surface area contributed by atoms with E-state index in [1.54, 1.807) is 18.2 Å². The fourth-order valence-electron chi connectivity index (χ4n) is 2.18. The largest absolute Gasteiger partial charge is 0.488 e. The second-order valence-electron chi connectivity index (χ2n) is 5.07. The van der Waals surface area contributed by atoms with Gasteiger partial charge in [-0.15, -0.1) is 0 Å². The second-order valence-corrected chi connectivity index (χ2v) is 5.07. The Kier molecular flexibility index (Phi) is 5.06. The number of nitrogens with zero attached hydrogens (tertiary/aromatic N) is 1. The summed E-state index contributed by atoms with van der Waals surface area (Å²) in [6.45, 7) is 1.02.